The smallest absolute Gasteiger partial charge is 0.316 e. The molecule has 4 N–H and O–H groups in total. The lowest BCUT2D eigenvalue weighted by molar-refractivity contribution is -0.136. The molecule has 0 saturated carbocycles. The summed E-state index contributed by atoms with van der Waals surface area (Å²) in [4.78, 5) is 21.0. The summed E-state index contributed by atoms with van der Waals surface area (Å²) >= 11 is 0. The number of anilines is 1. The Hall–Kier alpha value is -2.11. The van der Waals surface area contributed by atoms with Gasteiger partial charge in [-0.15, -0.1) is 0 Å². The maximum absolute atomic E-state index is 12.8. The van der Waals surface area contributed by atoms with E-state index in [-0.39, 0.29) is 12.1 Å². The summed E-state index contributed by atoms with van der Waals surface area (Å²) in [6.45, 7) is 0. The first kappa shape index (κ1) is 11.0. The molecule has 0 aliphatic heterocycles. The molecule has 0 saturated heterocycles. The van der Waals surface area contributed by atoms with Crippen LogP contribution in [0.4, 0.5) is 14.9 Å². The molecule has 0 bridgehead atoms. The Bertz CT molecular complexity index is 406. The molecule has 15 heavy (non-hydrogen) atoms. The fourth-order valence-electron chi connectivity index (χ4n) is 1.11. The van der Waals surface area contributed by atoms with Crippen LogP contribution in [0.3, 0.4) is 0 Å². The normalized spacial score (nSPS) is 9.67. The second-order valence-corrected chi connectivity index (χ2v) is 2.86. The van der Waals surface area contributed by atoms with Crippen molar-refractivity contribution in [1.29, 1.82) is 0 Å². The van der Waals surface area contributed by atoms with Crippen LogP contribution in [0.1, 0.15) is 5.56 Å². The maximum Gasteiger partial charge on any atom is 0.316 e. The zero-order chi connectivity index (χ0) is 11.4. The van der Waals surface area contributed by atoms with Crippen molar-refractivity contribution in [2.24, 2.45) is 5.73 Å². The van der Waals surface area contributed by atoms with Crippen molar-refractivity contribution in [3.8, 4) is 0 Å². The SMILES string of the molecule is NC(=O)Nc1cc(F)ccc1CC(=O)O. The zero-order valence-corrected chi connectivity index (χ0v) is 7.66. The number of hydrogen-bond donors (Lipinski definition) is 3. The Labute approximate surface area is 84.7 Å². The van der Waals surface area contributed by atoms with Crippen molar-refractivity contribution in [3.05, 3.63) is 29.6 Å². The largest absolute Gasteiger partial charge is 0.481 e. The third-order valence-corrected chi connectivity index (χ3v) is 1.67. The topological polar surface area (TPSA) is 92.4 Å². The fourth-order valence-corrected chi connectivity index (χ4v) is 1.11. The van der Waals surface area contributed by atoms with Crippen LogP contribution in [0.25, 0.3) is 0 Å². The zero-order valence-electron chi connectivity index (χ0n) is 7.66. The summed E-state index contributed by atoms with van der Waals surface area (Å²) in [6.07, 6.45) is -0.310. The number of carbonyl (C=O) groups is 2. The van der Waals surface area contributed by atoms with Crippen molar-refractivity contribution < 1.29 is 19.1 Å². The Kier molecular flexibility index (Phi) is 3.22. The molecule has 6 heteroatoms. The molecule has 0 heterocycles. The van der Waals surface area contributed by atoms with Gasteiger partial charge < -0.3 is 16.2 Å². The molecule has 5 nitrogen and oxygen atoms in total. The minimum Gasteiger partial charge on any atom is -0.481 e. The Balaban J connectivity index is 3.02. The van der Waals surface area contributed by atoms with E-state index < -0.39 is 17.8 Å². The van der Waals surface area contributed by atoms with E-state index >= 15 is 0 Å². The molecule has 0 aromatic heterocycles. The number of amides is 2. The van der Waals surface area contributed by atoms with Gasteiger partial charge in [0.2, 0.25) is 0 Å². The second kappa shape index (κ2) is 4.41. The number of aliphatic carboxylic acids is 1. The molecule has 0 radical (unpaired) electrons. The van der Waals surface area contributed by atoms with Gasteiger partial charge in [0.25, 0.3) is 0 Å². The Morgan fingerprint density at radius 1 is 1.47 bits per heavy atom. The number of carbonyl (C=O) groups excluding carboxylic acids is 1. The molecule has 1 aromatic rings. The Morgan fingerprint density at radius 3 is 2.67 bits per heavy atom. The summed E-state index contributed by atoms with van der Waals surface area (Å²) in [7, 11) is 0. The van der Waals surface area contributed by atoms with Crippen LogP contribution < -0.4 is 11.1 Å². The van der Waals surface area contributed by atoms with E-state index in [1.165, 1.54) is 6.07 Å². The molecular formula is C9H9FN2O3. The predicted octanol–water partition coefficient (Wildman–Crippen LogP) is 0.943. The quantitative estimate of drug-likeness (QED) is 0.696. The van der Waals surface area contributed by atoms with Crippen molar-refractivity contribution >= 4 is 17.7 Å². The lowest BCUT2D eigenvalue weighted by atomic mass is 10.1. The highest BCUT2D eigenvalue weighted by Gasteiger charge is 2.09. The number of rotatable bonds is 3. The fraction of sp³-hybridized carbons (Fsp3) is 0.111. The number of benzene rings is 1. The number of hydrogen-bond acceptors (Lipinski definition) is 2. The molecule has 0 spiro atoms. The van der Waals surface area contributed by atoms with Crippen LogP contribution in [-0.2, 0) is 11.2 Å². The molecule has 0 fully saturated rings. The van der Waals surface area contributed by atoms with E-state index in [2.05, 4.69) is 5.32 Å². The minimum atomic E-state index is -1.07. The van der Waals surface area contributed by atoms with Crippen molar-refractivity contribution in [3.63, 3.8) is 0 Å². The first-order chi connectivity index (χ1) is 6.99. The molecule has 0 aliphatic carbocycles. The molecular weight excluding hydrogens is 203 g/mol. The summed E-state index contributed by atoms with van der Waals surface area (Å²) in [5, 5.41) is 10.7. The van der Waals surface area contributed by atoms with Crippen LogP contribution in [0.5, 0.6) is 0 Å². The monoisotopic (exact) mass is 212 g/mol. The van der Waals surface area contributed by atoms with Crippen molar-refractivity contribution in [2.75, 3.05) is 5.32 Å². The van der Waals surface area contributed by atoms with Gasteiger partial charge in [-0.05, 0) is 17.7 Å². The van der Waals surface area contributed by atoms with Gasteiger partial charge in [-0.25, -0.2) is 9.18 Å². The highest BCUT2D eigenvalue weighted by molar-refractivity contribution is 5.89. The third-order valence-electron chi connectivity index (χ3n) is 1.67. The molecule has 0 unspecified atom stereocenters. The molecule has 1 aromatic carbocycles. The van der Waals surface area contributed by atoms with E-state index in [4.69, 9.17) is 10.8 Å². The van der Waals surface area contributed by atoms with Crippen molar-refractivity contribution in [2.45, 2.75) is 6.42 Å². The number of nitrogens with two attached hydrogens (primary N) is 1. The minimum absolute atomic E-state index is 0.0740. The number of carboxylic acids is 1. The summed E-state index contributed by atoms with van der Waals surface area (Å²) in [5.41, 5.74) is 5.22. The van der Waals surface area contributed by atoms with Crippen LogP contribution in [0.2, 0.25) is 0 Å². The highest BCUT2D eigenvalue weighted by Crippen LogP contribution is 2.17. The lowest BCUT2D eigenvalue weighted by Crippen LogP contribution is -2.20. The van der Waals surface area contributed by atoms with Gasteiger partial charge in [-0.1, -0.05) is 6.07 Å². The molecule has 1 rings (SSSR count). The maximum atomic E-state index is 12.8. The average molecular weight is 212 g/mol. The average Bonchev–Trinajstić information content (AvgIpc) is 2.08. The lowest BCUT2D eigenvalue weighted by Gasteiger charge is -2.07. The van der Waals surface area contributed by atoms with Crippen LogP contribution in [-0.4, -0.2) is 17.1 Å². The van der Waals surface area contributed by atoms with Crippen molar-refractivity contribution in [1.82, 2.24) is 0 Å². The first-order valence-corrected chi connectivity index (χ1v) is 4.05. The van der Waals surface area contributed by atoms with E-state index in [1.807, 2.05) is 0 Å². The number of nitrogens with one attached hydrogen (secondary N) is 1. The van der Waals surface area contributed by atoms with E-state index in [0.717, 1.165) is 12.1 Å². The van der Waals surface area contributed by atoms with E-state index in [0.29, 0.717) is 5.56 Å². The summed E-state index contributed by atoms with van der Waals surface area (Å²) in [5.74, 6) is -1.65. The molecule has 80 valence electrons. The van der Waals surface area contributed by atoms with Gasteiger partial charge in [0.1, 0.15) is 5.82 Å². The number of carboxylic acid groups (broad SMARTS) is 1. The Morgan fingerprint density at radius 2 is 2.13 bits per heavy atom. The number of halogens is 1. The van der Waals surface area contributed by atoms with Crippen LogP contribution >= 0.6 is 0 Å². The highest BCUT2D eigenvalue weighted by atomic mass is 19.1. The molecule has 0 aliphatic rings. The standard InChI is InChI=1S/C9H9FN2O3/c10-6-2-1-5(3-8(13)14)7(4-6)12-9(11)15/h1-2,4H,3H2,(H,13,14)(H3,11,12,15). The van der Waals surface area contributed by atoms with Gasteiger partial charge in [0, 0.05) is 5.69 Å². The summed E-state index contributed by atoms with van der Waals surface area (Å²) in [6, 6.07) is 2.55. The summed E-state index contributed by atoms with van der Waals surface area (Å²) < 4.78 is 12.8. The molecule has 0 atom stereocenters. The van der Waals surface area contributed by atoms with Gasteiger partial charge in [-0.2, -0.15) is 0 Å². The van der Waals surface area contributed by atoms with Gasteiger partial charge >= 0.3 is 12.0 Å². The predicted molar refractivity (Wildman–Crippen MR) is 50.9 cm³/mol. The van der Waals surface area contributed by atoms with Gasteiger partial charge in [0.05, 0.1) is 6.42 Å². The first-order valence-electron chi connectivity index (χ1n) is 4.05. The van der Waals surface area contributed by atoms with Crippen LogP contribution in [0, 0.1) is 5.82 Å². The van der Waals surface area contributed by atoms with Crippen LogP contribution in [0.15, 0.2) is 18.2 Å². The van der Waals surface area contributed by atoms with E-state index in [9.17, 15) is 14.0 Å². The number of primary amides is 1. The van der Waals surface area contributed by atoms with Gasteiger partial charge in [0.15, 0.2) is 0 Å². The second-order valence-electron chi connectivity index (χ2n) is 2.86. The molecule has 2 amide bonds. The van der Waals surface area contributed by atoms with E-state index in [1.54, 1.807) is 0 Å². The number of urea groups is 1. The van der Waals surface area contributed by atoms with Gasteiger partial charge in [-0.3, -0.25) is 4.79 Å². The third kappa shape index (κ3) is 3.26.